The number of halogens is 1. The molecule has 3 N–H and O–H groups in total. The van der Waals surface area contributed by atoms with E-state index in [9.17, 15) is 5.11 Å². The second-order valence-electron chi connectivity index (χ2n) is 7.27. The van der Waals surface area contributed by atoms with Gasteiger partial charge in [-0.1, -0.05) is 24.3 Å². The van der Waals surface area contributed by atoms with Gasteiger partial charge in [-0.15, -0.1) is 24.0 Å². The molecule has 0 saturated carbocycles. The van der Waals surface area contributed by atoms with Crippen molar-refractivity contribution in [3.05, 3.63) is 53.1 Å². The Kier molecular flexibility index (Phi) is 9.24. The summed E-state index contributed by atoms with van der Waals surface area (Å²) in [6, 6.07) is 11.8. The molecule has 0 aromatic heterocycles. The van der Waals surface area contributed by atoms with Crippen molar-refractivity contribution in [2.75, 3.05) is 34.4 Å². The summed E-state index contributed by atoms with van der Waals surface area (Å²) in [5, 5.41) is 17.7. The highest BCUT2D eigenvalue weighted by Crippen LogP contribution is 2.38. The van der Waals surface area contributed by atoms with Gasteiger partial charge in [-0.05, 0) is 48.6 Å². The first-order valence-corrected chi connectivity index (χ1v) is 10.2. The first-order valence-electron chi connectivity index (χ1n) is 10.2. The first kappa shape index (κ1) is 25.1. The van der Waals surface area contributed by atoms with Gasteiger partial charge in [0.2, 0.25) is 5.75 Å². The molecule has 0 radical (unpaired) electrons. The van der Waals surface area contributed by atoms with Gasteiger partial charge in [0.05, 0.1) is 34.4 Å². The minimum absolute atomic E-state index is 0. The van der Waals surface area contributed by atoms with Crippen LogP contribution in [0, 0.1) is 0 Å². The molecule has 7 nitrogen and oxygen atoms in total. The van der Waals surface area contributed by atoms with E-state index in [1.807, 2.05) is 37.3 Å². The van der Waals surface area contributed by atoms with Crippen LogP contribution in [-0.2, 0) is 18.6 Å². The fourth-order valence-electron chi connectivity index (χ4n) is 3.82. The standard InChI is InChI=1S/C23H31N3O4.HI/c1-5-24-22(26-15-23(27)11-10-17-8-6-7-9-18(17)23)25-14-16-12-19(28-2)21(30-4)20(13-16)29-3;/h6-9,12-13,27H,5,10-11,14-15H2,1-4H3,(H2,24,25,26);1H. The average Bonchev–Trinajstić information content (AvgIpc) is 3.12. The highest BCUT2D eigenvalue weighted by atomic mass is 127. The molecule has 0 fully saturated rings. The van der Waals surface area contributed by atoms with Gasteiger partial charge in [0.25, 0.3) is 0 Å². The van der Waals surface area contributed by atoms with Gasteiger partial charge in [-0.2, -0.15) is 0 Å². The fraction of sp³-hybridized carbons (Fsp3) is 0.435. The molecule has 1 aliphatic carbocycles. The van der Waals surface area contributed by atoms with Gasteiger partial charge < -0.3 is 30.0 Å². The van der Waals surface area contributed by atoms with E-state index in [0.717, 1.165) is 24.1 Å². The fourth-order valence-corrected chi connectivity index (χ4v) is 3.82. The van der Waals surface area contributed by atoms with E-state index in [1.54, 1.807) is 21.3 Å². The molecule has 3 rings (SSSR count). The van der Waals surface area contributed by atoms with Crippen LogP contribution < -0.4 is 24.8 Å². The lowest BCUT2D eigenvalue weighted by Crippen LogP contribution is -2.45. The van der Waals surface area contributed by atoms with E-state index in [-0.39, 0.29) is 24.0 Å². The molecule has 0 aliphatic heterocycles. The van der Waals surface area contributed by atoms with Crippen molar-refractivity contribution in [2.24, 2.45) is 4.99 Å². The second-order valence-corrected chi connectivity index (χ2v) is 7.27. The Morgan fingerprint density at radius 3 is 2.35 bits per heavy atom. The number of nitrogens with one attached hydrogen (secondary N) is 2. The maximum absolute atomic E-state index is 11.1. The molecular weight excluding hydrogens is 509 g/mol. The Hall–Kier alpha value is -2.20. The van der Waals surface area contributed by atoms with Crippen LogP contribution >= 0.6 is 24.0 Å². The third-order valence-corrected chi connectivity index (χ3v) is 5.36. The highest BCUT2D eigenvalue weighted by molar-refractivity contribution is 14.0. The summed E-state index contributed by atoms with van der Waals surface area (Å²) in [7, 11) is 4.77. The van der Waals surface area contributed by atoms with Gasteiger partial charge in [-0.25, -0.2) is 4.99 Å². The molecule has 1 unspecified atom stereocenters. The maximum atomic E-state index is 11.1. The van der Waals surface area contributed by atoms with E-state index in [0.29, 0.717) is 42.7 Å². The SMILES string of the molecule is CCNC(=NCc1cc(OC)c(OC)c(OC)c1)NCC1(O)CCc2ccccc21.I. The number of fused-ring (bicyclic) bond motifs is 1. The molecule has 1 atom stereocenters. The van der Waals surface area contributed by atoms with Gasteiger partial charge in [0.15, 0.2) is 17.5 Å². The van der Waals surface area contributed by atoms with Crippen molar-refractivity contribution in [3.63, 3.8) is 0 Å². The molecule has 0 heterocycles. The molecule has 0 spiro atoms. The van der Waals surface area contributed by atoms with Crippen molar-refractivity contribution in [1.82, 2.24) is 10.6 Å². The Morgan fingerprint density at radius 1 is 1.06 bits per heavy atom. The number of aliphatic imine (C=N–C) groups is 1. The number of benzene rings is 2. The Bertz CT molecular complexity index is 881. The normalized spacial score (nSPS) is 17.4. The molecule has 31 heavy (non-hydrogen) atoms. The number of rotatable bonds is 8. The number of guanidine groups is 1. The Balaban J connectivity index is 0.00000341. The number of methoxy groups -OCH3 is 3. The van der Waals surface area contributed by atoms with Gasteiger partial charge in [0, 0.05) is 6.54 Å². The molecule has 0 amide bonds. The lowest BCUT2D eigenvalue weighted by molar-refractivity contribution is 0.0432. The number of hydrogen-bond donors (Lipinski definition) is 3. The Labute approximate surface area is 201 Å². The number of hydrogen-bond acceptors (Lipinski definition) is 5. The van der Waals surface area contributed by atoms with Gasteiger partial charge in [0.1, 0.15) is 5.60 Å². The van der Waals surface area contributed by atoms with Crippen molar-refractivity contribution < 1.29 is 19.3 Å². The first-order chi connectivity index (χ1) is 14.5. The van der Waals surface area contributed by atoms with Crippen LogP contribution in [0.3, 0.4) is 0 Å². The van der Waals surface area contributed by atoms with Crippen LogP contribution in [0.1, 0.15) is 30.0 Å². The molecule has 0 saturated heterocycles. The number of aliphatic hydroxyl groups is 1. The van der Waals surface area contributed by atoms with E-state index < -0.39 is 5.60 Å². The maximum Gasteiger partial charge on any atom is 0.203 e. The van der Waals surface area contributed by atoms with E-state index in [4.69, 9.17) is 14.2 Å². The highest BCUT2D eigenvalue weighted by Gasteiger charge is 2.36. The predicted octanol–water partition coefficient (Wildman–Crippen LogP) is 3.22. The molecule has 2 aromatic carbocycles. The summed E-state index contributed by atoms with van der Waals surface area (Å²) in [5.41, 5.74) is 2.24. The smallest absolute Gasteiger partial charge is 0.203 e. The number of aryl methyl sites for hydroxylation is 1. The van der Waals surface area contributed by atoms with Crippen molar-refractivity contribution in [3.8, 4) is 17.2 Å². The van der Waals surface area contributed by atoms with Crippen LogP contribution in [-0.4, -0.2) is 45.5 Å². The Morgan fingerprint density at radius 2 is 1.74 bits per heavy atom. The van der Waals surface area contributed by atoms with Crippen LogP contribution in [0.5, 0.6) is 17.2 Å². The van der Waals surface area contributed by atoms with Gasteiger partial charge >= 0.3 is 0 Å². The third-order valence-electron chi connectivity index (χ3n) is 5.36. The molecule has 1 aliphatic rings. The second kappa shape index (κ2) is 11.4. The van der Waals surface area contributed by atoms with Crippen LogP contribution in [0.15, 0.2) is 41.4 Å². The van der Waals surface area contributed by atoms with Crippen molar-refractivity contribution >= 4 is 29.9 Å². The van der Waals surface area contributed by atoms with Crippen LogP contribution in [0.25, 0.3) is 0 Å². The van der Waals surface area contributed by atoms with Crippen molar-refractivity contribution in [2.45, 2.75) is 31.9 Å². The zero-order valence-electron chi connectivity index (χ0n) is 18.5. The monoisotopic (exact) mass is 541 g/mol. The molecule has 8 heteroatoms. The molecule has 170 valence electrons. The topological polar surface area (TPSA) is 84.3 Å². The molecular formula is C23H32IN3O4. The van der Waals surface area contributed by atoms with Gasteiger partial charge in [-0.3, -0.25) is 0 Å². The third kappa shape index (κ3) is 5.74. The number of ether oxygens (including phenoxy) is 3. The summed E-state index contributed by atoms with van der Waals surface area (Å²) in [6.07, 6.45) is 1.58. The van der Waals surface area contributed by atoms with Crippen LogP contribution in [0.2, 0.25) is 0 Å². The number of nitrogens with zero attached hydrogens (tertiary/aromatic N) is 1. The lowest BCUT2D eigenvalue weighted by Gasteiger charge is -2.25. The summed E-state index contributed by atoms with van der Waals surface area (Å²) >= 11 is 0. The summed E-state index contributed by atoms with van der Waals surface area (Å²) in [4.78, 5) is 4.67. The summed E-state index contributed by atoms with van der Waals surface area (Å²) in [6.45, 7) is 3.54. The minimum atomic E-state index is -0.890. The quantitative estimate of drug-likeness (QED) is 0.271. The van der Waals surface area contributed by atoms with Crippen molar-refractivity contribution in [1.29, 1.82) is 0 Å². The van der Waals surface area contributed by atoms with E-state index in [1.165, 1.54) is 5.56 Å². The zero-order valence-corrected chi connectivity index (χ0v) is 20.9. The summed E-state index contributed by atoms with van der Waals surface area (Å²) < 4.78 is 16.2. The van der Waals surface area contributed by atoms with E-state index >= 15 is 0 Å². The van der Waals surface area contributed by atoms with E-state index in [2.05, 4.69) is 21.7 Å². The molecule has 0 bridgehead atoms. The minimum Gasteiger partial charge on any atom is -0.493 e. The molecule has 2 aromatic rings. The predicted molar refractivity (Wildman–Crippen MR) is 133 cm³/mol. The zero-order chi connectivity index (χ0) is 21.6. The largest absolute Gasteiger partial charge is 0.493 e. The summed E-state index contributed by atoms with van der Waals surface area (Å²) in [5.74, 6) is 2.39. The average molecular weight is 541 g/mol. The van der Waals surface area contributed by atoms with Crippen LogP contribution in [0.4, 0.5) is 0 Å². The lowest BCUT2D eigenvalue weighted by atomic mass is 9.96.